The Morgan fingerprint density at radius 2 is 2.14 bits per heavy atom. The van der Waals surface area contributed by atoms with Crippen molar-refractivity contribution in [1.29, 1.82) is 0 Å². The van der Waals surface area contributed by atoms with Gasteiger partial charge in [0.05, 0.1) is 11.5 Å². The third-order valence-electron chi connectivity index (χ3n) is 3.50. The third-order valence-corrected chi connectivity index (χ3v) is 3.50. The van der Waals surface area contributed by atoms with Crippen LogP contribution < -0.4 is 10.3 Å². The molecule has 0 aliphatic carbocycles. The number of aliphatic hydroxyl groups is 1. The van der Waals surface area contributed by atoms with Crippen molar-refractivity contribution in [1.82, 2.24) is 0 Å². The maximum atomic E-state index is 11.3. The minimum absolute atomic E-state index is 0.525. The molecule has 1 rings (SSSR count). The van der Waals surface area contributed by atoms with E-state index in [1.54, 1.807) is 33.2 Å². The van der Waals surface area contributed by atoms with Crippen LogP contribution >= 0.6 is 0 Å². The summed E-state index contributed by atoms with van der Waals surface area (Å²) in [5.74, 6) is 0.362. The molecule has 1 heterocycles. The van der Waals surface area contributed by atoms with Crippen LogP contribution in [0.25, 0.3) is 0 Å². The van der Waals surface area contributed by atoms with Crippen LogP contribution in [0.2, 0.25) is 0 Å². The quantitative estimate of drug-likeness (QED) is 0.593. The van der Waals surface area contributed by atoms with Gasteiger partial charge in [-0.25, -0.2) is 0 Å². The molecule has 0 aromatic carbocycles. The summed E-state index contributed by atoms with van der Waals surface area (Å²) in [6.07, 6.45) is 12.7. The number of amides is 1. The van der Waals surface area contributed by atoms with Gasteiger partial charge in [0, 0.05) is 6.42 Å². The van der Waals surface area contributed by atoms with Gasteiger partial charge in [0.1, 0.15) is 7.05 Å². The molecule has 120 valence electrons. The molecule has 0 fully saturated rings. The maximum Gasteiger partial charge on any atom is 0.334 e. The van der Waals surface area contributed by atoms with E-state index >= 15 is 0 Å². The fraction of sp³-hybridized carbons (Fsp3) is 0.412. The van der Waals surface area contributed by atoms with Gasteiger partial charge < -0.3 is 15.3 Å². The van der Waals surface area contributed by atoms with Gasteiger partial charge in [0.2, 0.25) is 12.1 Å². The number of oxazole rings is 1. The summed E-state index contributed by atoms with van der Waals surface area (Å²) in [5.41, 5.74) is 4.99. The number of hydrogen-bond donors (Lipinski definition) is 2. The molecule has 5 nitrogen and oxygen atoms in total. The second kappa shape index (κ2) is 7.75. The molecule has 3 N–H and O–H groups in total. The number of nitrogens with zero attached hydrogens (tertiary/aromatic N) is 1. The number of nitrogens with two attached hydrogens (primary N) is 1. The van der Waals surface area contributed by atoms with E-state index in [2.05, 4.69) is 0 Å². The molecule has 5 heteroatoms. The number of rotatable bonds is 7. The Kier molecular flexibility index (Phi) is 6.31. The average molecular weight is 305 g/mol. The Balaban J connectivity index is 2.54. The van der Waals surface area contributed by atoms with E-state index in [1.807, 2.05) is 42.1 Å². The lowest BCUT2D eigenvalue weighted by atomic mass is 9.82. The fourth-order valence-corrected chi connectivity index (χ4v) is 1.87. The van der Waals surface area contributed by atoms with Crippen molar-refractivity contribution in [3.05, 3.63) is 54.3 Å². The molecule has 1 amide bonds. The molecule has 0 aliphatic heterocycles. The van der Waals surface area contributed by atoms with Gasteiger partial charge in [0.15, 0.2) is 5.76 Å². The van der Waals surface area contributed by atoms with Gasteiger partial charge in [-0.15, -0.1) is 0 Å². The third kappa shape index (κ3) is 5.00. The highest BCUT2D eigenvalue weighted by Gasteiger charge is 2.34. The number of carbonyl (C=O) groups excluding carboxylic acids is 1. The van der Waals surface area contributed by atoms with E-state index < -0.39 is 17.4 Å². The Bertz CT molecular complexity index is 595. The average Bonchev–Trinajstić information content (AvgIpc) is 2.86. The molecular formula is C17H25N2O3+. The summed E-state index contributed by atoms with van der Waals surface area (Å²) in [4.78, 5) is 11.3. The van der Waals surface area contributed by atoms with E-state index in [9.17, 15) is 9.90 Å². The molecule has 0 aliphatic rings. The van der Waals surface area contributed by atoms with Crippen molar-refractivity contribution in [2.24, 2.45) is 18.2 Å². The highest BCUT2D eigenvalue weighted by molar-refractivity contribution is 5.81. The Morgan fingerprint density at radius 1 is 1.45 bits per heavy atom. The van der Waals surface area contributed by atoms with Crippen LogP contribution in [0, 0.1) is 5.41 Å². The lowest BCUT2D eigenvalue weighted by Crippen LogP contribution is -2.42. The second-order valence-corrected chi connectivity index (χ2v) is 5.90. The largest absolute Gasteiger partial charge is 0.409 e. The summed E-state index contributed by atoms with van der Waals surface area (Å²) in [6.45, 7) is 5.03. The molecule has 0 saturated carbocycles. The SMILES string of the molecule is C/C(=C/C=C\C=C\Cc1c[n+](C)co1)[C@@H](O)C(C)(C)C(N)=O. The van der Waals surface area contributed by atoms with Crippen molar-refractivity contribution < 1.29 is 18.9 Å². The van der Waals surface area contributed by atoms with Crippen LogP contribution in [0.15, 0.2) is 53.0 Å². The van der Waals surface area contributed by atoms with Crippen LogP contribution in [-0.4, -0.2) is 17.1 Å². The topological polar surface area (TPSA) is 80.3 Å². The molecule has 0 bridgehead atoms. The molecule has 1 atom stereocenters. The Hall–Kier alpha value is -2.14. The molecule has 0 saturated heterocycles. The summed E-state index contributed by atoms with van der Waals surface area (Å²) in [7, 11) is 1.91. The predicted molar refractivity (Wildman–Crippen MR) is 84.6 cm³/mol. The first-order valence-electron chi connectivity index (χ1n) is 7.15. The van der Waals surface area contributed by atoms with Crippen molar-refractivity contribution in [2.45, 2.75) is 33.3 Å². The standard InChI is InChI=1S/C17H24N2O3/c1-13(15(20)17(2,3)16(18)21)9-7-5-6-8-10-14-11-19(4)12-22-14/h5-9,11-12,15,20H,10H2,1-4H3,(H-,18,21)/p+1/b7-5-,8-6+,13-9-/t15-/m1/s1. The van der Waals surface area contributed by atoms with Crippen LogP contribution in [0.5, 0.6) is 0 Å². The number of carbonyl (C=O) groups is 1. The van der Waals surface area contributed by atoms with E-state index in [4.69, 9.17) is 10.2 Å². The van der Waals surface area contributed by atoms with Gasteiger partial charge in [-0.2, -0.15) is 4.57 Å². The number of primary amides is 1. The zero-order valence-corrected chi connectivity index (χ0v) is 13.6. The summed E-state index contributed by atoms with van der Waals surface area (Å²) < 4.78 is 7.15. The molecule has 0 radical (unpaired) electrons. The van der Waals surface area contributed by atoms with E-state index in [0.717, 1.165) is 5.76 Å². The summed E-state index contributed by atoms with van der Waals surface area (Å²) in [5, 5.41) is 10.1. The maximum absolute atomic E-state index is 11.3. The molecule has 0 spiro atoms. The number of aromatic nitrogens is 1. The van der Waals surface area contributed by atoms with Crippen molar-refractivity contribution >= 4 is 5.91 Å². The minimum Gasteiger partial charge on any atom is -0.409 e. The van der Waals surface area contributed by atoms with Crippen molar-refractivity contribution in [3.8, 4) is 0 Å². The highest BCUT2D eigenvalue weighted by Crippen LogP contribution is 2.25. The van der Waals surface area contributed by atoms with Crippen LogP contribution in [0.1, 0.15) is 26.5 Å². The normalized spacial score (nSPS) is 14.9. The van der Waals surface area contributed by atoms with Crippen LogP contribution in [0.3, 0.4) is 0 Å². The number of hydrogen-bond acceptors (Lipinski definition) is 3. The zero-order chi connectivity index (χ0) is 16.8. The van der Waals surface area contributed by atoms with Gasteiger partial charge in [-0.3, -0.25) is 4.79 Å². The summed E-state index contributed by atoms with van der Waals surface area (Å²) in [6, 6.07) is 0. The molecular weight excluding hydrogens is 280 g/mol. The lowest BCUT2D eigenvalue weighted by Gasteiger charge is -2.27. The molecule has 1 aromatic rings. The lowest BCUT2D eigenvalue weighted by molar-refractivity contribution is -0.674. The number of allylic oxidation sites excluding steroid dienone is 5. The van der Waals surface area contributed by atoms with Crippen LogP contribution in [-0.2, 0) is 18.3 Å². The molecule has 22 heavy (non-hydrogen) atoms. The summed E-state index contributed by atoms with van der Waals surface area (Å²) >= 11 is 0. The minimum atomic E-state index is -0.987. The first kappa shape index (κ1) is 17.9. The van der Waals surface area contributed by atoms with E-state index in [1.165, 1.54) is 0 Å². The zero-order valence-electron chi connectivity index (χ0n) is 13.6. The number of aryl methyl sites for hydroxylation is 1. The number of aliphatic hydroxyl groups excluding tert-OH is 1. The fourth-order valence-electron chi connectivity index (χ4n) is 1.87. The predicted octanol–water partition coefficient (Wildman–Crippen LogP) is 1.58. The van der Waals surface area contributed by atoms with Crippen molar-refractivity contribution in [2.75, 3.05) is 0 Å². The van der Waals surface area contributed by atoms with Gasteiger partial charge in [0.25, 0.3) is 0 Å². The smallest absolute Gasteiger partial charge is 0.334 e. The van der Waals surface area contributed by atoms with E-state index in [0.29, 0.717) is 12.0 Å². The molecule has 0 unspecified atom stereocenters. The van der Waals surface area contributed by atoms with Gasteiger partial charge in [-0.05, 0) is 26.3 Å². The highest BCUT2D eigenvalue weighted by atomic mass is 16.3. The van der Waals surface area contributed by atoms with E-state index in [-0.39, 0.29) is 0 Å². The molecule has 1 aromatic heterocycles. The van der Waals surface area contributed by atoms with Gasteiger partial charge >= 0.3 is 6.39 Å². The monoisotopic (exact) mass is 305 g/mol. The Morgan fingerprint density at radius 3 is 2.68 bits per heavy atom. The second-order valence-electron chi connectivity index (χ2n) is 5.90. The van der Waals surface area contributed by atoms with Crippen molar-refractivity contribution in [3.63, 3.8) is 0 Å². The Labute approximate surface area is 131 Å². The van der Waals surface area contributed by atoms with Gasteiger partial charge in [-0.1, -0.05) is 30.4 Å². The van der Waals surface area contributed by atoms with Crippen LogP contribution in [0.4, 0.5) is 0 Å². The first-order valence-corrected chi connectivity index (χ1v) is 7.15. The first-order chi connectivity index (χ1) is 10.2.